The molecule has 0 bridgehead atoms. The molecular weight excluding hydrogens is 304 g/mol. The third kappa shape index (κ3) is 3.72. The van der Waals surface area contributed by atoms with Crippen molar-refractivity contribution in [1.29, 1.82) is 0 Å². The minimum absolute atomic E-state index is 0.395. The number of nitrogens with two attached hydrogens (primary N) is 1. The Morgan fingerprint density at radius 1 is 1.29 bits per heavy atom. The van der Waals surface area contributed by atoms with Crippen molar-refractivity contribution in [3.05, 3.63) is 53.1 Å². The van der Waals surface area contributed by atoms with Gasteiger partial charge in [-0.25, -0.2) is 15.6 Å². The Labute approximate surface area is 141 Å². The van der Waals surface area contributed by atoms with Crippen LogP contribution in [0.1, 0.15) is 16.7 Å². The average Bonchev–Trinajstić information content (AvgIpc) is 2.59. The summed E-state index contributed by atoms with van der Waals surface area (Å²) in [6, 6.07) is 10.6. The normalized spacial score (nSPS) is 10.2. The Kier molecular flexibility index (Phi) is 5.55. The lowest BCUT2D eigenvalue weighted by molar-refractivity contribution is 0.246. The van der Waals surface area contributed by atoms with Gasteiger partial charge >= 0.3 is 6.03 Å². The number of nitrogens with one attached hydrogen (secondary N) is 1. The fourth-order valence-corrected chi connectivity index (χ4v) is 2.44. The van der Waals surface area contributed by atoms with E-state index < -0.39 is 6.03 Å². The smallest absolute Gasteiger partial charge is 0.336 e. The number of aliphatic imine (C=N–C) groups is 1. The third-order valence-corrected chi connectivity index (χ3v) is 3.89. The summed E-state index contributed by atoms with van der Waals surface area (Å²) < 4.78 is 5.17. The average molecular weight is 326 g/mol. The maximum atomic E-state index is 12.4. The van der Waals surface area contributed by atoms with Gasteiger partial charge in [-0.15, -0.1) is 0 Å². The van der Waals surface area contributed by atoms with E-state index in [2.05, 4.69) is 17.0 Å². The number of aryl methyl sites for hydroxylation is 2. The van der Waals surface area contributed by atoms with Crippen LogP contribution < -0.4 is 20.9 Å². The zero-order valence-corrected chi connectivity index (χ0v) is 14.2. The van der Waals surface area contributed by atoms with Crippen molar-refractivity contribution in [3.63, 3.8) is 0 Å². The Morgan fingerprint density at radius 2 is 1.96 bits per heavy atom. The quantitative estimate of drug-likeness (QED) is 0.383. The fraction of sp³-hybridized carbons (Fsp3) is 0.222. The van der Waals surface area contributed by atoms with Crippen LogP contribution in [0.2, 0.25) is 0 Å². The summed E-state index contributed by atoms with van der Waals surface area (Å²) in [5.74, 6) is 6.54. The molecule has 2 rings (SSSR count). The zero-order valence-electron chi connectivity index (χ0n) is 14.2. The van der Waals surface area contributed by atoms with E-state index in [1.165, 1.54) is 0 Å². The lowest BCUT2D eigenvalue weighted by Gasteiger charge is -2.20. The Bertz CT molecular complexity index is 738. The topological polar surface area (TPSA) is 79.9 Å². The van der Waals surface area contributed by atoms with Crippen LogP contribution in [0.3, 0.4) is 0 Å². The van der Waals surface area contributed by atoms with E-state index in [1.54, 1.807) is 25.3 Å². The van der Waals surface area contributed by atoms with Crippen LogP contribution in [0.4, 0.5) is 16.2 Å². The second-order valence-electron chi connectivity index (χ2n) is 5.41. The van der Waals surface area contributed by atoms with E-state index in [0.29, 0.717) is 23.7 Å². The lowest BCUT2D eigenvalue weighted by atomic mass is 10.0. The van der Waals surface area contributed by atoms with Gasteiger partial charge in [0.2, 0.25) is 0 Å². The Hall–Kier alpha value is -2.86. The minimum atomic E-state index is -0.434. The second-order valence-corrected chi connectivity index (χ2v) is 5.41. The molecular formula is C18H22N4O2. The first kappa shape index (κ1) is 17.5. The molecule has 0 aliphatic heterocycles. The first-order chi connectivity index (χ1) is 11.5. The molecule has 0 unspecified atom stereocenters. The van der Waals surface area contributed by atoms with Crippen LogP contribution in [0.25, 0.3) is 0 Å². The largest absolute Gasteiger partial charge is 0.497 e. The number of hydrogen-bond donors (Lipinski definition) is 2. The van der Waals surface area contributed by atoms with E-state index in [1.807, 2.05) is 32.0 Å². The van der Waals surface area contributed by atoms with Gasteiger partial charge in [0.15, 0.2) is 0 Å². The number of rotatable bonds is 5. The molecule has 24 heavy (non-hydrogen) atoms. The van der Waals surface area contributed by atoms with Gasteiger partial charge in [-0.1, -0.05) is 18.2 Å². The van der Waals surface area contributed by atoms with Gasteiger partial charge < -0.3 is 10.1 Å². The van der Waals surface area contributed by atoms with Crippen LogP contribution in [-0.4, -0.2) is 19.9 Å². The van der Waals surface area contributed by atoms with Gasteiger partial charge in [0.1, 0.15) is 5.75 Å². The lowest BCUT2D eigenvalue weighted by Crippen LogP contribution is -2.44. The molecule has 0 radical (unpaired) electrons. The molecule has 0 aromatic heterocycles. The van der Waals surface area contributed by atoms with Crippen molar-refractivity contribution in [2.75, 3.05) is 12.1 Å². The zero-order chi connectivity index (χ0) is 17.7. The molecule has 0 saturated heterocycles. The van der Waals surface area contributed by atoms with Gasteiger partial charge in [-0.2, -0.15) is 0 Å². The Balaban J connectivity index is 2.17. The van der Waals surface area contributed by atoms with E-state index in [0.717, 1.165) is 21.7 Å². The molecule has 126 valence electrons. The monoisotopic (exact) mass is 326 g/mol. The van der Waals surface area contributed by atoms with Gasteiger partial charge in [0.25, 0.3) is 0 Å². The summed E-state index contributed by atoms with van der Waals surface area (Å²) in [6.07, 6.45) is 0. The van der Waals surface area contributed by atoms with Crippen molar-refractivity contribution in [1.82, 2.24) is 5.32 Å². The number of methoxy groups -OCH3 is 1. The molecule has 0 spiro atoms. The summed E-state index contributed by atoms with van der Waals surface area (Å²) in [6.45, 7) is 7.92. The van der Waals surface area contributed by atoms with Crippen LogP contribution in [0, 0.1) is 13.8 Å². The summed E-state index contributed by atoms with van der Waals surface area (Å²) >= 11 is 0. The van der Waals surface area contributed by atoms with E-state index in [4.69, 9.17) is 10.6 Å². The van der Waals surface area contributed by atoms with E-state index in [-0.39, 0.29) is 0 Å². The highest BCUT2D eigenvalue weighted by molar-refractivity contribution is 5.94. The second kappa shape index (κ2) is 7.61. The third-order valence-electron chi connectivity index (χ3n) is 3.89. The molecule has 2 aromatic rings. The van der Waals surface area contributed by atoms with Gasteiger partial charge in [-0.05, 0) is 49.4 Å². The molecule has 0 saturated carbocycles. The van der Waals surface area contributed by atoms with Crippen molar-refractivity contribution >= 4 is 24.1 Å². The van der Waals surface area contributed by atoms with Gasteiger partial charge in [-0.3, -0.25) is 4.99 Å². The number of hydrazine groups is 1. The standard InChI is InChI=1S/C18H22N4O2/c1-12-6-5-7-13(2)15(12)11-21-18(23)22(19)17-10-14(24-4)8-9-16(17)20-3/h5-10H,3,11,19H2,1-2,4H3,(H,21,23). The molecule has 0 heterocycles. The van der Waals surface area contributed by atoms with Crippen LogP contribution >= 0.6 is 0 Å². The summed E-state index contributed by atoms with van der Waals surface area (Å²) in [7, 11) is 1.54. The molecule has 0 fully saturated rings. The molecule has 3 N–H and O–H groups in total. The molecule has 0 aliphatic carbocycles. The number of benzene rings is 2. The maximum Gasteiger partial charge on any atom is 0.336 e. The van der Waals surface area contributed by atoms with Crippen molar-refractivity contribution in [2.24, 2.45) is 10.8 Å². The summed E-state index contributed by atoms with van der Waals surface area (Å²) in [4.78, 5) is 16.3. The molecule has 6 nitrogen and oxygen atoms in total. The summed E-state index contributed by atoms with van der Waals surface area (Å²) in [5.41, 5.74) is 4.23. The predicted molar refractivity (Wildman–Crippen MR) is 97.0 cm³/mol. The van der Waals surface area contributed by atoms with Gasteiger partial charge in [0.05, 0.1) is 18.5 Å². The highest BCUT2D eigenvalue weighted by Crippen LogP contribution is 2.31. The molecule has 0 aliphatic rings. The molecule has 2 amide bonds. The SMILES string of the molecule is C=Nc1ccc(OC)cc1N(N)C(=O)NCc1c(C)cccc1C. The predicted octanol–water partition coefficient (Wildman–Crippen LogP) is 3.23. The highest BCUT2D eigenvalue weighted by atomic mass is 16.5. The number of amides is 2. The molecule has 0 atom stereocenters. The number of carbonyl (C=O) groups excluding carboxylic acids is 1. The van der Waals surface area contributed by atoms with Crippen molar-refractivity contribution in [3.8, 4) is 5.75 Å². The number of urea groups is 1. The number of nitrogens with zero attached hydrogens (tertiary/aromatic N) is 2. The van der Waals surface area contributed by atoms with Crippen LogP contribution in [0.5, 0.6) is 5.75 Å². The first-order valence-electron chi connectivity index (χ1n) is 7.50. The van der Waals surface area contributed by atoms with Crippen LogP contribution in [0.15, 0.2) is 41.4 Å². The first-order valence-corrected chi connectivity index (χ1v) is 7.50. The number of ether oxygens (including phenoxy) is 1. The maximum absolute atomic E-state index is 12.4. The number of anilines is 1. The van der Waals surface area contributed by atoms with Crippen molar-refractivity contribution in [2.45, 2.75) is 20.4 Å². The van der Waals surface area contributed by atoms with Crippen molar-refractivity contribution < 1.29 is 9.53 Å². The van der Waals surface area contributed by atoms with E-state index in [9.17, 15) is 4.79 Å². The molecule has 6 heteroatoms. The highest BCUT2D eigenvalue weighted by Gasteiger charge is 2.16. The van der Waals surface area contributed by atoms with Gasteiger partial charge in [0, 0.05) is 12.6 Å². The summed E-state index contributed by atoms with van der Waals surface area (Å²) in [5, 5.41) is 3.84. The van der Waals surface area contributed by atoms with Crippen LogP contribution in [-0.2, 0) is 6.54 Å². The van der Waals surface area contributed by atoms with E-state index >= 15 is 0 Å². The minimum Gasteiger partial charge on any atom is -0.497 e. The number of hydrogen-bond acceptors (Lipinski definition) is 4. The number of carbonyl (C=O) groups is 1. The molecule has 2 aromatic carbocycles. The fourth-order valence-electron chi connectivity index (χ4n) is 2.44. The Morgan fingerprint density at radius 3 is 2.54 bits per heavy atom.